The first kappa shape index (κ1) is 18.0. The molecule has 0 radical (unpaired) electrons. The number of hydrogen-bond donors (Lipinski definition) is 0. The molecule has 0 aliphatic heterocycles. The summed E-state index contributed by atoms with van der Waals surface area (Å²) in [4.78, 5) is 17.6. The highest BCUT2D eigenvalue weighted by atomic mass is 32.2. The van der Waals surface area contributed by atoms with Crippen molar-refractivity contribution < 1.29 is 17.6 Å². The van der Waals surface area contributed by atoms with Crippen LogP contribution < -0.4 is 0 Å². The van der Waals surface area contributed by atoms with E-state index < -0.39 is 15.8 Å². The normalized spacial score (nSPS) is 11.5. The van der Waals surface area contributed by atoms with Crippen molar-refractivity contribution in [3.8, 4) is 0 Å². The molecule has 24 heavy (non-hydrogen) atoms. The Bertz CT molecular complexity index is 795. The largest absolute Gasteiger partial charge is 0.340 e. The van der Waals surface area contributed by atoms with Crippen LogP contribution in [0.5, 0.6) is 0 Å². The van der Waals surface area contributed by atoms with Crippen molar-refractivity contribution in [3.05, 3.63) is 60.2 Å². The van der Waals surface area contributed by atoms with E-state index in [9.17, 15) is 17.6 Å². The summed E-state index contributed by atoms with van der Waals surface area (Å²) in [7, 11) is -0.945. The molecule has 0 N–H and O–H groups in total. The number of aromatic nitrogens is 1. The number of pyridine rings is 1. The lowest BCUT2D eigenvalue weighted by atomic mass is 10.3. The molecule has 0 aliphatic rings. The second-order valence-electron chi connectivity index (χ2n) is 5.33. The van der Waals surface area contributed by atoms with Crippen molar-refractivity contribution >= 4 is 15.9 Å². The average Bonchev–Trinajstić information content (AvgIpc) is 2.56. The van der Waals surface area contributed by atoms with E-state index in [-0.39, 0.29) is 17.3 Å². The van der Waals surface area contributed by atoms with Gasteiger partial charge in [-0.25, -0.2) is 12.8 Å². The van der Waals surface area contributed by atoms with Crippen LogP contribution in [0.3, 0.4) is 0 Å². The van der Waals surface area contributed by atoms with Gasteiger partial charge in [0.25, 0.3) is 0 Å². The van der Waals surface area contributed by atoms with Crippen LogP contribution >= 0.6 is 0 Å². The molecule has 0 saturated heterocycles. The lowest BCUT2D eigenvalue weighted by molar-refractivity contribution is -0.130. The molecule has 6 nitrogen and oxygen atoms in total. The van der Waals surface area contributed by atoms with E-state index in [2.05, 4.69) is 4.98 Å². The number of likely N-dealkylation sites (N-methyl/N-ethyl adjacent to an activating group) is 2. The minimum atomic E-state index is -3.85. The molecular formula is C16H18FN3O3S. The number of benzene rings is 1. The van der Waals surface area contributed by atoms with E-state index in [0.29, 0.717) is 6.54 Å². The molecule has 0 aliphatic carbocycles. The summed E-state index contributed by atoms with van der Waals surface area (Å²) in [5.41, 5.74) is 0.845. The Labute approximate surface area is 140 Å². The van der Waals surface area contributed by atoms with Gasteiger partial charge < -0.3 is 4.90 Å². The molecule has 1 aromatic carbocycles. The van der Waals surface area contributed by atoms with Crippen LogP contribution in [-0.2, 0) is 21.4 Å². The third-order valence-electron chi connectivity index (χ3n) is 3.45. The summed E-state index contributed by atoms with van der Waals surface area (Å²) in [5, 5.41) is 0. The van der Waals surface area contributed by atoms with Gasteiger partial charge in [0.2, 0.25) is 15.9 Å². The van der Waals surface area contributed by atoms with E-state index in [1.165, 1.54) is 24.1 Å². The number of nitrogens with zero attached hydrogens (tertiary/aromatic N) is 3. The van der Waals surface area contributed by atoms with Crippen LogP contribution in [0.4, 0.5) is 4.39 Å². The summed E-state index contributed by atoms with van der Waals surface area (Å²) in [6.45, 7) is 0.0214. The van der Waals surface area contributed by atoms with Gasteiger partial charge in [0.05, 0.1) is 11.4 Å². The van der Waals surface area contributed by atoms with E-state index in [0.717, 1.165) is 22.0 Å². The van der Waals surface area contributed by atoms with Gasteiger partial charge in [-0.2, -0.15) is 4.31 Å². The van der Waals surface area contributed by atoms with Gasteiger partial charge in [-0.05, 0) is 35.9 Å². The molecule has 0 bridgehead atoms. The Morgan fingerprint density at radius 2 is 1.83 bits per heavy atom. The summed E-state index contributed by atoms with van der Waals surface area (Å²) in [6, 6.07) is 8.07. The number of amides is 1. The number of halogens is 1. The van der Waals surface area contributed by atoms with Crippen molar-refractivity contribution in [2.24, 2.45) is 0 Å². The van der Waals surface area contributed by atoms with Crippen molar-refractivity contribution in [2.45, 2.75) is 11.4 Å². The summed E-state index contributed by atoms with van der Waals surface area (Å²) < 4.78 is 38.6. The van der Waals surface area contributed by atoms with Crippen molar-refractivity contribution in [1.29, 1.82) is 0 Å². The molecule has 8 heteroatoms. The molecule has 1 heterocycles. The summed E-state index contributed by atoms with van der Waals surface area (Å²) >= 11 is 0. The lowest BCUT2D eigenvalue weighted by Gasteiger charge is -2.22. The van der Waals surface area contributed by atoms with Crippen molar-refractivity contribution in [2.75, 3.05) is 20.6 Å². The van der Waals surface area contributed by atoms with Gasteiger partial charge in [-0.1, -0.05) is 6.07 Å². The molecule has 1 amide bonds. The van der Waals surface area contributed by atoms with E-state index in [1.54, 1.807) is 25.5 Å². The number of sulfonamides is 1. The Morgan fingerprint density at radius 3 is 2.42 bits per heavy atom. The van der Waals surface area contributed by atoms with Gasteiger partial charge in [0, 0.05) is 33.0 Å². The molecule has 2 aromatic rings. The summed E-state index contributed by atoms with van der Waals surface area (Å²) in [6.07, 6.45) is 3.27. The topological polar surface area (TPSA) is 70.6 Å². The van der Waals surface area contributed by atoms with E-state index in [4.69, 9.17) is 0 Å². The lowest BCUT2D eigenvalue weighted by Crippen LogP contribution is -2.39. The van der Waals surface area contributed by atoms with Gasteiger partial charge in [0.15, 0.2) is 0 Å². The Hall–Kier alpha value is -2.32. The zero-order valence-corrected chi connectivity index (χ0v) is 14.2. The third kappa shape index (κ3) is 4.36. The summed E-state index contributed by atoms with van der Waals surface area (Å²) in [5.74, 6) is -0.879. The SMILES string of the molecule is CN(Cc1cccnc1)C(=O)CN(C)S(=O)(=O)c1ccc(F)cc1. The maximum Gasteiger partial charge on any atom is 0.243 e. The first-order valence-electron chi connectivity index (χ1n) is 7.15. The second-order valence-corrected chi connectivity index (χ2v) is 7.37. The van der Waals surface area contributed by atoms with Gasteiger partial charge in [0.1, 0.15) is 5.82 Å². The molecule has 0 spiro atoms. The zero-order chi connectivity index (χ0) is 17.7. The molecule has 128 valence electrons. The number of carbonyl (C=O) groups is 1. The van der Waals surface area contributed by atoms with E-state index in [1.807, 2.05) is 6.07 Å². The number of carbonyl (C=O) groups excluding carboxylic acids is 1. The Balaban J connectivity index is 2.03. The minimum Gasteiger partial charge on any atom is -0.340 e. The van der Waals surface area contributed by atoms with Crippen LogP contribution in [0.25, 0.3) is 0 Å². The maximum atomic E-state index is 12.9. The Morgan fingerprint density at radius 1 is 1.17 bits per heavy atom. The smallest absolute Gasteiger partial charge is 0.243 e. The highest BCUT2D eigenvalue weighted by Gasteiger charge is 2.24. The predicted octanol–water partition coefficient (Wildman–Crippen LogP) is 1.50. The van der Waals surface area contributed by atoms with E-state index >= 15 is 0 Å². The predicted molar refractivity (Wildman–Crippen MR) is 86.9 cm³/mol. The molecule has 1 aromatic heterocycles. The molecule has 0 atom stereocenters. The monoisotopic (exact) mass is 351 g/mol. The van der Waals surface area contributed by atoms with Gasteiger partial charge in [-0.15, -0.1) is 0 Å². The standard InChI is InChI=1S/C16H18FN3O3S/c1-19(11-13-4-3-9-18-10-13)16(21)12-20(2)24(22,23)15-7-5-14(17)6-8-15/h3-10H,11-12H2,1-2H3. The number of rotatable bonds is 6. The molecule has 0 unspecified atom stereocenters. The highest BCUT2D eigenvalue weighted by molar-refractivity contribution is 7.89. The van der Waals surface area contributed by atoms with Gasteiger partial charge in [-0.3, -0.25) is 9.78 Å². The average molecular weight is 351 g/mol. The second kappa shape index (κ2) is 7.50. The molecule has 2 rings (SSSR count). The maximum absolute atomic E-state index is 12.9. The van der Waals surface area contributed by atoms with Crippen LogP contribution in [-0.4, -0.2) is 49.2 Å². The van der Waals surface area contributed by atoms with Gasteiger partial charge >= 0.3 is 0 Å². The first-order valence-corrected chi connectivity index (χ1v) is 8.59. The van der Waals surface area contributed by atoms with Crippen LogP contribution in [0, 0.1) is 5.82 Å². The molecular weight excluding hydrogens is 333 g/mol. The van der Waals surface area contributed by atoms with Crippen LogP contribution in [0.1, 0.15) is 5.56 Å². The molecule has 0 saturated carbocycles. The first-order chi connectivity index (χ1) is 11.3. The van der Waals surface area contributed by atoms with Crippen molar-refractivity contribution in [1.82, 2.24) is 14.2 Å². The zero-order valence-electron chi connectivity index (χ0n) is 13.4. The van der Waals surface area contributed by atoms with Crippen LogP contribution in [0.2, 0.25) is 0 Å². The fraction of sp³-hybridized carbons (Fsp3) is 0.250. The fourth-order valence-corrected chi connectivity index (χ4v) is 3.16. The minimum absolute atomic E-state index is 0.0610. The Kier molecular flexibility index (Phi) is 5.63. The van der Waals surface area contributed by atoms with Crippen molar-refractivity contribution in [3.63, 3.8) is 0 Å². The quantitative estimate of drug-likeness (QED) is 0.791. The fourth-order valence-electron chi connectivity index (χ4n) is 2.04. The highest BCUT2D eigenvalue weighted by Crippen LogP contribution is 2.15. The third-order valence-corrected chi connectivity index (χ3v) is 5.27. The number of hydrogen-bond acceptors (Lipinski definition) is 4. The molecule has 0 fully saturated rings. The van der Waals surface area contributed by atoms with Crippen LogP contribution in [0.15, 0.2) is 53.7 Å².